The van der Waals surface area contributed by atoms with Crippen LogP contribution in [0.5, 0.6) is 5.75 Å². The van der Waals surface area contributed by atoms with Gasteiger partial charge in [0.25, 0.3) is 5.91 Å². The number of ether oxygens (including phenoxy) is 2. The third kappa shape index (κ3) is 9.09. The van der Waals surface area contributed by atoms with Crippen molar-refractivity contribution in [2.45, 2.75) is 39.5 Å². The van der Waals surface area contributed by atoms with Gasteiger partial charge in [-0.2, -0.15) is 0 Å². The number of hydrogen-bond acceptors (Lipinski definition) is 14. The third-order valence-corrected chi connectivity index (χ3v) is 15.5. The number of carbonyl (C=O) groups excluding carboxylic acids is 3. The summed E-state index contributed by atoms with van der Waals surface area (Å²) in [7, 11) is 2.93. The second-order valence-electron chi connectivity index (χ2n) is 14.7. The number of oxime groups is 1. The van der Waals surface area contributed by atoms with Gasteiger partial charge in [0.05, 0.1) is 34.0 Å². The molecule has 0 aliphatic carbocycles. The molecule has 328 valence electrons. The van der Waals surface area contributed by atoms with Gasteiger partial charge in [-0.1, -0.05) is 126 Å². The summed E-state index contributed by atoms with van der Waals surface area (Å²) in [6, 6.07) is 43.3. The number of nitrogens with zero attached hydrogens (tertiary/aromatic N) is 4. The Morgan fingerprint density at radius 1 is 0.877 bits per heavy atom. The lowest BCUT2D eigenvalue weighted by Crippen LogP contribution is -2.57. The van der Waals surface area contributed by atoms with E-state index < -0.39 is 28.2 Å². The molecule has 2 atom stereocenters. The van der Waals surface area contributed by atoms with Crippen molar-refractivity contribution in [1.29, 1.82) is 0 Å². The maximum absolute atomic E-state index is 14.6. The third-order valence-electron chi connectivity index (χ3n) is 10.7. The zero-order valence-electron chi connectivity index (χ0n) is 34.8. The summed E-state index contributed by atoms with van der Waals surface area (Å²) in [5.41, 5.74) is 4.67. The zero-order chi connectivity index (χ0) is 44.9. The van der Waals surface area contributed by atoms with E-state index in [-0.39, 0.29) is 36.0 Å². The van der Waals surface area contributed by atoms with Gasteiger partial charge >= 0.3 is 5.97 Å². The fraction of sp³-hybridized carbons (Fsp3) is 0.167. The Hall–Kier alpha value is -6.17. The van der Waals surface area contributed by atoms with E-state index >= 15 is 0 Å². The van der Waals surface area contributed by atoms with Gasteiger partial charge in [-0.25, -0.2) is 14.8 Å². The molecular formula is C48H39ClN6O6S4. The Bertz CT molecular complexity index is 2820. The van der Waals surface area contributed by atoms with Gasteiger partial charge in [-0.3, -0.25) is 14.5 Å². The van der Waals surface area contributed by atoms with E-state index in [1.165, 1.54) is 58.2 Å². The number of thioether (sulfide) groups is 2. The number of nitrogens with one attached hydrogen (secondary N) is 2. The van der Waals surface area contributed by atoms with E-state index in [4.69, 9.17) is 35.9 Å². The first kappa shape index (κ1) is 44.1. The zero-order valence-corrected chi connectivity index (χ0v) is 38.8. The maximum atomic E-state index is 14.6. The van der Waals surface area contributed by atoms with Crippen LogP contribution >= 0.6 is 57.8 Å². The number of anilines is 1. The van der Waals surface area contributed by atoms with Crippen molar-refractivity contribution in [1.82, 2.24) is 20.2 Å². The van der Waals surface area contributed by atoms with Gasteiger partial charge in [0.1, 0.15) is 41.8 Å². The van der Waals surface area contributed by atoms with Gasteiger partial charge in [-0.05, 0) is 52.1 Å². The highest BCUT2D eigenvalue weighted by atomic mass is 35.5. The molecule has 5 aromatic carbocycles. The number of methoxy groups -OCH3 is 1. The van der Waals surface area contributed by atoms with E-state index in [9.17, 15) is 14.4 Å². The van der Waals surface area contributed by atoms with Gasteiger partial charge in [-0.15, -0.1) is 46.0 Å². The maximum Gasteiger partial charge on any atom is 0.356 e. The minimum absolute atomic E-state index is 0.0407. The van der Waals surface area contributed by atoms with Gasteiger partial charge < -0.3 is 24.9 Å². The molecule has 1 unspecified atom stereocenters. The highest BCUT2D eigenvalue weighted by Crippen LogP contribution is 2.50. The molecule has 65 heavy (non-hydrogen) atoms. The molecule has 17 heteroatoms. The smallest absolute Gasteiger partial charge is 0.356 e. The number of β-lactam (4-membered cyclic amide) rings is 1. The summed E-state index contributed by atoms with van der Waals surface area (Å²) in [6.07, 6.45) is 0.165. The van der Waals surface area contributed by atoms with Crippen LogP contribution in [0.15, 0.2) is 159 Å². The lowest BCUT2D eigenvalue weighted by Gasteiger charge is -2.46. The quantitative estimate of drug-likeness (QED) is 0.0239. The first-order valence-electron chi connectivity index (χ1n) is 20.3. The largest absolute Gasteiger partial charge is 0.497 e. The van der Waals surface area contributed by atoms with Crippen LogP contribution in [0.4, 0.5) is 5.13 Å². The number of halogens is 1. The van der Waals surface area contributed by atoms with Crippen LogP contribution in [0.1, 0.15) is 39.9 Å². The second kappa shape index (κ2) is 19.5. The molecule has 2 amide bonds. The van der Waals surface area contributed by atoms with Crippen molar-refractivity contribution < 1.29 is 28.7 Å². The van der Waals surface area contributed by atoms with Crippen LogP contribution < -0.4 is 15.4 Å². The number of benzene rings is 5. The molecule has 0 saturated carbocycles. The summed E-state index contributed by atoms with van der Waals surface area (Å²) >= 11 is 11.4. The minimum Gasteiger partial charge on any atom is -0.497 e. The van der Waals surface area contributed by atoms with Gasteiger partial charge in [0, 0.05) is 11.3 Å². The number of amides is 2. The van der Waals surface area contributed by atoms with Gasteiger partial charge in [0.2, 0.25) is 5.91 Å². The van der Waals surface area contributed by atoms with Crippen molar-refractivity contribution in [3.63, 3.8) is 0 Å². The topological polar surface area (TPSA) is 144 Å². The van der Waals surface area contributed by atoms with Crippen molar-refractivity contribution in [2.75, 3.05) is 19.5 Å². The summed E-state index contributed by atoms with van der Waals surface area (Å²) in [4.78, 5) is 59.1. The molecular weight excluding hydrogens is 920 g/mol. The van der Waals surface area contributed by atoms with E-state index in [1.54, 1.807) is 36.8 Å². The Balaban J connectivity index is 1.06. The fourth-order valence-corrected chi connectivity index (χ4v) is 12.3. The predicted octanol–water partition coefficient (Wildman–Crippen LogP) is 9.75. The average Bonchev–Trinajstić information content (AvgIpc) is 3.99. The Labute approximate surface area is 396 Å². The van der Waals surface area contributed by atoms with E-state index in [0.29, 0.717) is 26.0 Å². The van der Waals surface area contributed by atoms with Crippen LogP contribution in [-0.2, 0) is 42.0 Å². The number of hydrogen-bond donors (Lipinski definition) is 2. The Morgan fingerprint density at radius 3 is 2.12 bits per heavy atom. The molecule has 1 fully saturated rings. The normalized spacial score (nSPS) is 16.1. The molecule has 0 spiro atoms. The second-order valence-corrected chi connectivity index (χ2v) is 19.4. The molecule has 4 heterocycles. The molecule has 2 N–H and O–H groups in total. The number of fused-ring (bicyclic) bond motifs is 2. The number of aromatic nitrogens is 2. The highest BCUT2D eigenvalue weighted by Gasteiger charge is 2.50. The van der Waals surface area contributed by atoms with E-state index in [2.05, 4.69) is 52.2 Å². The number of esters is 1. The van der Waals surface area contributed by atoms with Crippen molar-refractivity contribution >= 4 is 96.6 Å². The SMILES string of the molecule is CON=C(C(=O)NC1S[C@H]2CC(=O)N2C(C(=O)OCc2ccc(OC)cc2)=C1Sc1nc2cc(CCl)ccc2s1)c1csc(NC(c2ccccc2)(c2ccccc2)c2ccccc2)n1. The summed E-state index contributed by atoms with van der Waals surface area (Å²) in [5.74, 6) is -0.579. The lowest BCUT2D eigenvalue weighted by molar-refractivity contribution is -0.150. The fourth-order valence-electron chi connectivity index (χ4n) is 7.60. The van der Waals surface area contributed by atoms with Crippen molar-refractivity contribution in [3.8, 4) is 5.75 Å². The number of carbonyl (C=O) groups is 3. The molecule has 0 bridgehead atoms. The minimum atomic E-state index is -0.869. The summed E-state index contributed by atoms with van der Waals surface area (Å²) in [5, 5.41) is 12.0. The highest BCUT2D eigenvalue weighted by molar-refractivity contribution is 8.07. The van der Waals surface area contributed by atoms with Crippen LogP contribution in [-0.4, -0.2) is 63.3 Å². The van der Waals surface area contributed by atoms with Crippen molar-refractivity contribution in [2.24, 2.45) is 5.16 Å². The Kier molecular flexibility index (Phi) is 13.2. The molecule has 2 aromatic heterocycles. The van der Waals surface area contributed by atoms with Gasteiger partial charge in [0.15, 0.2) is 15.2 Å². The molecule has 1 saturated heterocycles. The average molecular weight is 960 g/mol. The summed E-state index contributed by atoms with van der Waals surface area (Å²) in [6.45, 7) is -0.0611. The van der Waals surface area contributed by atoms with Crippen LogP contribution in [0.2, 0.25) is 0 Å². The van der Waals surface area contributed by atoms with Crippen LogP contribution in [0.3, 0.4) is 0 Å². The molecule has 0 radical (unpaired) electrons. The van der Waals surface area contributed by atoms with E-state index in [1.807, 2.05) is 72.8 Å². The van der Waals surface area contributed by atoms with Crippen LogP contribution in [0.25, 0.3) is 10.2 Å². The van der Waals surface area contributed by atoms with Crippen LogP contribution in [0, 0.1) is 0 Å². The molecule has 2 aliphatic heterocycles. The van der Waals surface area contributed by atoms with Crippen molar-refractivity contribution in [3.05, 3.63) is 183 Å². The monoisotopic (exact) mass is 958 g/mol. The summed E-state index contributed by atoms with van der Waals surface area (Å²) < 4.78 is 12.7. The first-order chi connectivity index (χ1) is 31.8. The van der Waals surface area contributed by atoms with E-state index in [0.717, 1.165) is 38.0 Å². The number of alkyl halides is 1. The Morgan fingerprint density at radius 2 is 1.52 bits per heavy atom. The number of thiazole rings is 2. The molecule has 12 nitrogen and oxygen atoms in total. The first-order valence-corrected chi connectivity index (χ1v) is 24.2. The predicted molar refractivity (Wildman–Crippen MR) is 258 cm³/mol. The molecule has 9 rings (SSSR count). The lowest BCUT2D eigenvalue weighted by atomic mass is 9.77. The molecule has 7 aromatic rings. The number of rotatable bonds is 16. The standard InChI is InChI=1S/C48H39ClN6O6S4/c1-59-34-21-18-29(19-22-34)27-61-45(58)41-42(65-47-51-35-24-30(26-49)20-23-37(35)63-47)44(64-39-25-38(56)55(39)41)52-43(57)40(54-60-2)36-28-62-46(50-36)53-48(31-12-6-3-7-13-31,32-14-8-4-9-15-32)33-16-10-5-11-17-33/h3-24,28,39,44H,25-27H2,1-2H3,(H,50,53)(H,52,57)/t39-,44?/m0/s1. The molecule has 2 aliphatic rings.